The number of hydrazone groups is 1. The van der Waals surface area contributed by atoms with Crippen LogP contribution in [0.5, 0.6) is 5.75 Å². The molecule has 2 aromatic rings. The average Bonchev–Trinajstić information content (AvgIpc) is 2.71. The predicted octanol–water partition coefficient (Wildman–Crippen LogP) is 3.80. The quantitative estimate of drug-likeness (QED) is 0.620. The monoisotopic (exact) mass is 367 g/mol. The molecule has 0 spiro atoms. The van der Waals surface area contributed by atoms with E-state index in [1.54, 1.807) is 12.1 Å². The number of nitrogens with zero attached hydrogens (tertiary/aromatic N) is 2. The second-order valence-corrected chi connectivity index (χ2v) is 6.36. The topological polar surface area (TPSA) is 93.8 Å². The minimum Gasteiger partial charge on any atom is -0.477 e. The number of para-hydroxylation sites is 2. The first-order valence-corrected chi connectivity index (χ1v) is 8.91. The van der Waals surface area contributed by atoms with Crippen molar-refractivity contribution in [2.45, 2.75) is 31.6 Å². The molecule has 1 aliphatic rings. The Kier molecular flexibility index (Phi) is 6.14. The molecule has 7 nitrogen and oxygen atoms in total. The summed E-state index contributed by atoms with van der Waals surface area (Å²) >= 11 is 0. The minimum atomic E-state index is -0.542. The number of amides is 1. The highest BCUT2D eigenvalue weighted by atomic mass is 16.6. The number of nitro groups is 1. The number of carbonyl (C=O) groups is 1. The summed E-state index contributed by atoms with van der Waals surface area (Å²) in [6.45, 7) is -0.336. The molecule has 0 saturated heterocycles. The molecule has 0 heterocycles. The van der Waals surface area contributed by atoms with Gasteiger partial charge < -0.3 is 4.74 Å². The molecule has 1 N–H and O–H groups in total. The first kappa shape index (κ1) is 18.6. The fraction of sp³-hybridized carbons (Fsp3) is 0.300. The lowest BCUT2D eigenvalue weighted by Gasteiger charge is -2.24. The Morgan fingerprint density at radius 3 is 2.67 bits per heavy atom. The Bertz CT molecular complexity index is 836. The van der Waals surface area contributed by atoms with Crippen molar-refractivity contribution in [3.05, 3.63) is 70.3 Å². The van der Waals surface area contributed by atoms with Crippen LogP contribution in [-0.4, -0.2) is 23.1 Å². The summed E-state index contributed by atoms with van der Waals surface area (Å²) in [4.78, 5) is 22.5. The van der Waals surface area contributed by atoms with E-state index in [0.29, 0.717) is 0 Å². The molecule has 1 fully saturated rings. The van der Waals surface area contributed by atoms with Gasteiger partial charge in [-0.15, -0.1) is 0 Å². The van der Waals surface area contributed by atoms with E-state index in [2.05, 4.69) is 22.7 Å². The number of rotatable bonds is 6. The molecule has 2 aromatic carbocycles. The van der Waals surface area contributed by atoms with Gasteiger partial charge in [-0.05, 0) is 30.9 Å². The molecule has 0 bridgehead atoms. The number of hydrogen-bond acceptors (Lipinski definition) is 5. The van der Waals surface area contributed by atoms with Gasteiger partial charge in [0.15, 0.2) is 12.4 Å². The second-order valence-electron chi connectivity index (χ2n) is 6.36. The maximum absolute atomic E-state index is 12.1. The fourth-order valence-corrected chi connectivity index (χ4v) is 3.21. The highest BCUT2D eigenvalue weighted by Gasteiger charge is 2.22. The Hall–Kier alpha value is -3.22. The maximum Gasteiger partial charge on any atom is 0.310 e. The average molecular weight is 367 g/mol. The van der Waals surface area contributed by atoms with Gasteiger partial charge in [0.05, 0.1) is 4.92 Å². The van der Waals surface area contributed by atoms with Crippen LogP contribution in [-0.2, 0) is 4.79 Å². The highest BCUT2D eigenvalue weighted by Crippen LogP contribution is 2.30. The third kappa shape index (κ3) is 4.91. The molecule has 0 unspecified atom stereocenters. The fourth-order valence-electron chi connectivity index (χ4n) is 3.21. The molecule has 7 heteroatoms. The van der Waals surface area contributed by atoms with Crippen molar-refractivity contribution in [2.75, 3.05) is 6.61 Å². The smallest absolute Gasteiger partial charge is 0.310 e. The van der Waals surface area contributed by atoms with E-state index in [1.807, 2.05) is 18.2 Å². The Morgan fingerprint density at radius 1 is 1.15 bits per heavy atom. The highest BCUT2D eigenvalue weighted by molar-refractivity contribution is 5.92. The summed E-state index contributed by atoms with van der Waals surface area (Å²) in [5.41, 5.74) is 4.50. The molecule has 1 amide bonds. The number of hydrogen-bond donors (Lipinski definition) is 1. The summed E-state index contributed by atoms with van der Waals surface area (Å²) in [6.07, 6.45) is 4.02. The van der Waals surface area contributed by atoms with Crippen LogP contribution in [0.15, 0.2) is 59.7 Å². The van der Waals surface area contributed by atoms with E-state index in [0.717, 1.165) is 31.4 Å². The first-order valence-electron chi connectivity index (χ1n) is 8.91. The second kappa shape index (κ2) is 8.93. The number of benzene rings is 2. The zero-order chi connectivity index (χ0) is 19.1. The predicted molar refractivity (Wildman–Crippen MR) is 102 cm³/mol. The Labute approximate surface area is 157 Å². The van der Waals surface area contributed by atoms with E-state index >= 15 is 0 Å². The van der Waals surface area contributed by atoms with Crippen LogP contribution >= 0.6 is 0 Å². The van der Waals surface area contributed by atoms with Crippen molar-refractivity contribution in [3.63, 3.8) is 0 Å². The van der Waals surface area contributed by atoms with E-state index in [1.165, 1.54) is 17.7 Å². The van der Waals surface area contributed by atoms with Gasteiger partial charge in [0.25, 0.3) is 5.91 Å². The zero-order valence-electron chi connectivity index (χ0n) is 14.8. The lowest BCUT2D eigenvalue weighted by Crippen LogP contribution is -2.28. The first-order chi connectivity index (χ1) is 13.1. The zero-order valence-corrected chi connectivity index (χ0v) is 14.8. The van der Waals surface area contributed by atoms with Crippen LogP contribution in [0.25, 0.3) is 0 Å². The number of nitro benzene ring substituents is 1. The van der Waals surface area contributed by atoms with Gasteiger partial charge in [-0.25, -0.2) is 5.43 Å². The van der Waals surface area contributed by atoms with Crippen molar-refractivity contribution in [2.24, 2.45) is 5.10 Å². The van der Waals surface area contributed by atoms with Crippen molar-refractivity contribution in [1.82, 2.24) is 5.43 Å². The number of carbonyl (C=O) groups excluding carboxylic acids is 1. The lowest BCUT2D eigenvalue weighted by atomic mass is 9.82. The molecular formula is C20H21N3O4. The van der Waals surface area contributed by atoms with Gasteiger partial charge in [-0.1, -0.05) is 48.9 Å². The van der Waals surface area contributed by atoms with Crippen molar-refractivity contribution in [1.29, 1.82) is 0 Å². The third-order valence-electron chi connectivity index (χ3n) is 4.52. The van der Waals surface area contributed by atoms with Crippen molar-refractivity contribution in [3.8, 4) is 5.75 Å². The van der Waals surface area contributed by atoms with E-state index in [-0.39, 0.29) is 24.0 Å². The molecular weight excluding hydrogens is 346 g/mol. The third-order valence-corrected chi connectivity index (χ3v) is 4.52. The van der Waals surface area contributed by atoms with Crippen LogP contribution in [0, 0.1) is 10.1 Å². The summed E-state index contributed by atoms with van der Waals surface area (Å²) in [7, 11) is 0. The maximum atomic E-state index is 12.1. The summed E-state index contributed by atoms with van der Waals surface area (Å²) < 4.78 is 5.29. The van der Waals surface area contributed by atoms with Gasteiger partial charge in [0, 0.05) is 17.7 Å². The van der Waals surface area contributed by atoms with Crippen LogP contribution in [0.4, 0.5) is 5.69 Å². The summed E-state index contributed by atoms with van der Waals surface area (Å²) in [5.74, 6) is -0.181. The van der Waals surface area contributed by atoms with Gasteiger partial charge in [0.1, 0.15) is 0 Å². The van der Waals surface area contributed by atoms with Crippen LogP contribution in [0.1, 0.15) is 37.2 Å². The molecule has 0 aromatic heterocycles. The van der Waals surface area contributed by atoms with Crippen LogP contribution in [0.3, 0.4) is 0 Å². The summed E-state index contributed by atoms with van der Waals surface area (Å²) in [6, 6.07) is 16.1. The molecule has 1 aliphatic carbocycles. The Morgan fingerprint density at radius 2 is 1.89 bits per heavy atom. The molecule has 3 rings (SSSR count). The minimum absolute atomic E-state index is 0.0603. The molecule has 1 saturated carbocycles. The Balaban J connectivity index is 1.61. The van der Waals surface area contributed by atoms with Crippen LogP contribution in [0.2, 0.25) is 0 Å². The van der Waals surface area contributed by atoms with Gasteiger partial charge >= 0.3 is 5.69 Å². The summed E-state index contributed by atoms with van der Waals surface area (Å²) in [5, 5.41) is 15.3. The lowest BCUT2D eigenvalue weighted by molar-refractivity contribution is -0.385. The largest absolute Gasteiger partial charge is 0.477 e. The molecule has 140 valence electrons. The van der Waals surface area contributed by atoms with Crippen molar-refractivity contribution < 1.29 is 14.5 Å². The van der Waals surface area contributed by atoms with Gasteiger partial charge in [-0.3, -0.25) is 14.9 Å². The van der Waals surface area contributed by atoms with E-state index in [4.69, 9.17) is 4.74 Å². The molecule has 27 heavy (non-hydrogen) atoms. The van der Waals surface area contributed by atoms with Crippen LogP contribution < -0.4 is 10.2 Å². The normalized spacial score (nSPS) is 18.1. The van der Waals surface area contributed by atoms with Gasteiger partial charge in [0.2, 0.25) is 0 Å². The van der Waals surface area contributed by atoms with E-state index in [9.17, 15) is 14.9 Å². The number of ether oxygens (including phenoxy) is 1. The van der Waals surface area contributed by atoms with E-state index < -0.39 is 10.8 Å². The molecule has 1 atom stereocenters. The standard InChI is InChI=1S/C20H21N3O4/c24-20(14-27-19-13-7-6-12-18(19)23(25)26)22-21-17-11-5-4-10-16(17)15-8-2-1-3-9-15/h1-3,6-9,12-13,16H,4-5,10-11,14H2,(H,22,24)/b21-17-/t16-/m1/s1. The number of nitrogens with one attached hydrogen (secondary N) is 1. The van der Waals surface area contributed by atoms with Gasteiger partial charge in [-0.2, -0.15) is 5.10 Å². The van der Waals surface area contributed by atoms with Crippen molar-refractivity contribution >= 4 is 17.3 Å². The SMILES string of the molecule is O=C(COc1ccccc1[N+](=O)[O-])N/N=C1/CCCC[C@@H]1c1ccccc1. The molecule has 0 aliphatic heterocycles. The molecule has 0 radical (unpaired) electrons.